The van der Waals surface area contributed by atoms with Gasteiger partial charge in [-0.15, -0.1) is 0 Å². The highest BCUT2D eigenvalue weighted by Gasteiger charge is 2.46. The molecule has 0 aromatic carbocycles. The van der Waals surface area contributed by atoms with Crippen molar-refractivity contribution in [2.75, 3.05) is 18.8 Å². The Morgan fingerprint density at radius 1 is 1.64 bits per heavy atom. The van der Waals surface area contributed by atoms with Crippen LogP contribution in [0.4, 0.5) is 0 Å². The molecule has 2 saturated heterocycles. The molecular formula is C7H11NO2S. The molecular weight excluding hydrogens is 162 g/mol. The van der Waals surface area contributed by atoms with Crippen molar-refractivity contribution in [3.05, 3.63) is 0 Å². The van der Waals surface area contributed by atoms with Crippen LogP contribution < -0.4 is 5.32 Å². The zero-order chi connectivity index (χ0) is 7.90. The first-order valence-corrected chi connectivity index (χ1v) is 4.78. The number of thioether (sulfide) groups is 1. The van der Waals surface area contributed by atoms with Gasteiger partial charge in [0.2, 0.25) is 0 Å². The first-order chi connectivity index (χ1) is 5.22. The molecule has 1 atom stereocenters. The summed E-state index contributed by atoms with van der Waals surface area (Å²) in [6.45, 7) is 2.00. The van der Waals surface area contributed by atoms with Crippen LogP contribution in [0, 0.1) is 5.92 Å². The molecule has 4 heteroatoms. The van der Waals surface area contributed by atoms with Crippen molar-refractivity contribution in [2.45, 2.75) is 11.2 Å². The third-order valence-electron chi connectivity index (χ3n) is 2.45. The van der Waals surface area contributed by atoms with E-state index in [-0.39, 0.29) is 5.92 Å². The van der Waals surface area contributed by atoms with Crippen molar-refractivity contribution >= 4 is 17.7 Å². The molecule has 0 saturated carbocycles. The predicted molar refractivity (Wildman–Crippen MR) is 43.8 cm³/mol. The SMILES string of the molecule is O=C(O)C1CSC2(CNC2)C1. The molecule has 0 aromatic heterocycles. The first-order valence-electron chi connectivity index (χ1n) is 3.79. The number of carboxylic acids is 1. The Morgan fingerprint density at radius 3 is 2.64 bits per heavy atom. The smallest absolute Gasteiger partial charge is 0.307 e. The third kappa shape index (κ3) is 1.14. The van der Waals surface area contributed by atoms with E-state index in [9.17, 15) is 4.79 Å². The van der Waals surface area contributed by atoms with Crippen LogP contribution in [0.2, 0.25) is 0 Å². The van der Waals surface area contributed by atoms with E-state index < -0.39 is 5.97 Å². The third-order valence-corrected chi connectivity index (χ3v) is 4.09. The minimum atomic E-state index is -0.624. The van der Waals surface area contributed by atoms with E-state index >= 15 is 0 Å². The molecule has 0 amide bonds. The minimum Gasteiger partial charge on any atom is -0.481 e. The molecule has 0 aromatic rings. The molecule has 0 bridgehead atoms. The molecule has 2 fully saturated rings. The highest BCUT2D eigenvalue weighted by atomic mass is 32.2. The standard InChI is InChI=1S/C7H11NO2S/c9-6(10)5-1-7(11-2-5)3-8-4-7/h5,8H,1-4H2,(H,9,10). The largest absolute Gasteiger partial charge is 0.481 e. The molecule has 0 radical (unpaired) electrons. The maximum absolute atomic E-state index is 10.6. The first kappa shape index (κ1) is 7.43. The summed E-state index contributed by atoms with van der Waals surface area (Å²) in [6, 6.07) is 0. The van der Waals surface area contributed by atoms with E-state index in [0.717, 1.165) is 25.3 Å². The fraction of sp³-hybridized carbons (Fsp3) is 0.857. The average molecular weight is 173 g/mol. The lowest BCUT2D eigenvalue weighted by Crippen LogP contribution is -2.55. The number of hydrogen-bond donors (Lipinski definition) is 2. The Morgan fingerprint density at radius 2 is 2.36 bits per heavy atom. The monoisotopic (exact) mass is 173 g/mol. The Kier molecular flexibility index (Phi) is 1.61. The maximum Gasteiger partial charge on any atom is 0.307 e. The zero-order valence-electron chi connectivity index (χ0n) is 6.17. The summed E-state index contributed by atoms with van der Waals surface area (Å²) in [4.78, 5) is 10.6. The fourth-order valence-electron chi connectivity index (χ4n) is 1.65. The maximum atomic E-state index is 10.6. The second kappa shape index (κ2) is 2.38. The van der Waals surface area contributed by atoms with E-state index in [1.54, 1.807) is 0 Å². The molecule has 1 unspecified atom stereocenters. The van der Waals surface area contributed by atoms with Gasteiger partial charge in [-0.05, 0) is 6.42 Å². The molecule has 62 valence electrons. The van der Waals surface area contributed by atoms with Crippen LogP contribution in [-0.2, 0) is 4.79 Å². The van der Waals surface area contributed by atoms with Gasteiger partial charge in [-0.25, -0.2) is 0 Å². The lowest BCUT2D eigenvalue weighted by Gasteiger charge is -2.38. The number of nitrogens with one attached hydrogen (secondary N) is 1. The van der Waals surface area contributed by atoms with Crippen molar-refractivity contribution in [3.63, 3.8) is 0 Å². The second-order valence-corrected chi connectivity index (χ2v) is 4.82. The summed E-state index contributed by atoms with van der Waals surface area (Å²) in [6.07, 6.45) is 0.861. The molecule has 2 heterocycles. The van der Waals surface area contributed by atoms with Crippen LogP contribution in [0.1, 0.15) is 6.42 Å². The highest BCUT2D eigenvalue weighted by molar-refractivity contribution is 8.01. The van der Waals surface area contributed by atoms with E-state index in [0.29, 0.717) is 4.75 Å². The van der Waals surface area contributed by atoms with Gasteiger partial charge in [0.1, 0.15) is 0 Å². The number of carbonyl (C=O) groups is 1. The molecule has 11 heavy (non-hydrogen) atoms. The molecule has 2 aliphatic rings. The predicted octanol–water partition coefficient (Wildman–Crippen LogP) is 0.166. The van der Waals surface area contributed by atoms with E-state index in [1.807, 2.05) is 11.8 Å². The molecule has 2 N–H and O–H groups in total. The van der Waals surface area contributed by atoms with Crippen molar-refractivity contribution in [1.82, 2.24) is 5.32 Å². The topological polar surface area (TPSA) is 49.3 Å². The van der Waals surface area contributed by atoms with E-state index in [1.165, 1.54) is 0 Å². The van der Waals surface area contributed by atoms with Gasteiger partial charge in [0.25, 0.3) is 0 Å². The Labute approximate surface area is 69.5 Å². The molecule has 2 rings (SSSR count). The van der Waals surface area contributed by atoms with Crippen LogP contribution in [0.3, 0.4) is 0 Å². The zero-order valence-corrected chi connectivity index (χ0v) is 6.99. The van der Waals surface area contributed by atoms with Gasteiger partial charge in [0.05, 0.1) is 5.92 Å². The van der Waals surface area contributed by atoms with Crippen molar-refractivity contribution in [2.24, 2.45) is 5.92 Å². The summed E-state index contributed by atoms with van der Waals surface area (Å²) in [7, 11) is 0. The molecule has 3 nitrogen and oxygen atoms in total. The Balaban J connectivity index is 1.98. The summed E-state index contributed by atoms with van der Waals surface area (Å²) < 4.78 is 0.295. The van der Waals surface area contributed by atoms with Gasteiger partial charge >= 0.3 is 5.97 Å². The van der Waals surface area contributed by atoms with Gasteiger partial charge in [-0.1, -0.05) is 0 Å². The lowest BCUT2D eigenvalue weighted by molar-refractivity contribution is -0.141. The number of carboxylic acid groups (broad SMARTS) is 1. The van der Waals surface area contributed by atoms with Crippen LogP contribution >= 0.6 is 11.8 Å². The summed E-state index contributed by atoms with van der Waals surface area (Å²) in [5.41, 5.74) is 0. The van der Waals surface area contributed by atoms with Crippen LogP contribution in [0.5, 0.6) is 0 Å². The summed E-state index contributed by atoms with van der Waals surface area (Å²) in [5, 5.41) is 11.9. The van der Waals surface area contributed by atoms with Crippen LogP contribution in [0.25, 0.3) is 0 Å². The van der Waals surface area contributed by atoms with Gasteiger partial charge in [0, 0.05) is 23.6 Å². The second-order valence-electron chi connectivity index (χ2n) is 3.34. The van der Waals surface area contributed by atoms with Crippen molar-refractivity contribution in [3.8, 4) is 0 Å². The number of hydrogen-bond acceptors (Lipinski definition) is 3. The van der Waals surface area contributed by atoms with Gasteiger partial charge < -0.3 is 10.4 Å². The Bertz CT molecular complexity index is 191. The van der Waals surface area contributed by atoms with Gasteiger partial charge in [-0.3, -0.25) is 4.79 Å². The molecule has 0 aliphatic carbocycles. The Hall–Kier alpha value is -0.220. The number of aliphatic carboxylic acids is 1. The van der Waals surface area contributed by atoms with Crippen molar-refractivity contribution < 1.29 is 9.90 Å². The van der Waals surface area contributed by atoms with E-state index in [4.69, 9.17) is 5.11 Å². The minimum absolute atomic E-state index is 0.0953. The number of rotatable bonds is 1. The highest BCUT2D eigenvalue weighted by Crippen LogP contribution is 2.43. The lowest BCUT2D eigenvalue weighted by atomic mass is 9.91. The quantitative estimate of drug-likeness (QED) is 0.593. The van der Waals surface area contributed by atoms with Crippen molar-refractivity contribution in [1.29, 1.82) is 0 Å². The van der Waals surface area contributed by atoms with Gasteiger partial charge in [0.15, 0.2) is 0 Å². The normalized spacial score (nSPS) is 33.6. The summed E-state index contributed by atoms with van der Waals surface area (Å²) >= 11 is 1.82. The molecule has 1 spiro atoms. The van der Waals surface area contributed by atoms with E-state index in [2.05, 4.69) is 5.32 Å². The summed E-state index contributed by atoms with van der Waals surface area (Å²) in [5.74, 6) is 0.0835. The molecule has 2 aliphatic heterocycles. The fourth-order valence-corrected chi connectivity index (χ4v) is 3.20. The van der Waals surface area contributed by atoms with Crippen LogP contribution in [-0.4, -0.2) is 34.7 Å². The van der Waals surface area contributed by atoms with Gasteiger partial charge in [-0.2, -0.15) is 11.8 Å². The van der Waals surface area contributed by atoms with Crippen LogP contribution in [0.15, 0.2) is 0 Å². The average Bonchev–Trinajstić information content (AvgIpc) is 2.28.